The van der Waals surface area contributed by atoms with E-state index < -0.39 is 23.6 Å². The van der Waals surface area contributed by atoms with Crippen LogP contribution in [0.1, 0.15) is 29.5 Å². The Morgan fingerprint density at radius 3 is 2.89 bits per heavy atom. The molecule has 0 amide bonds. The number of hydrogen-bond donors (Lipinski definition) is 1. The van der Waals surface area contributed by atoms with Gasteiger partial charge in [-0.3, -0.25) is 9.89 Å². The highest BCUT2D eigenvalue weighted by molar-refractivity contribution is 5.88. The quantitative estimate of drug-likeness (QED) is 0.836. The van der Waals surface area contributed by atoms with Gasteiger partial charge in [0, 0.05) is 12.1 Å². The number of aromatic nitrogens is 3. The number of fused-ring (bicyclic) bond motifs is 1. The monoisotopic (exact) mass is 257 g/mol. The van der Waals surface area contributed by atoms with Crippen LogP contribution in [0.15, 0.2) is 16.9 Å². The molecule has 0 spiro atoms. The fraction of sp³-hybridized carbons (Fsp3) is 0.300. The summed E-state index contributed by atoms with van der Waals surface area (Å²) >= 11 is 0. The Balaban J connectivity index is 2.54. The van der Waals surface area contributed by atoms with Crippen molar-refractivity contribution in [2.24, 2.45) is 0 Å². The van der Waals surface area contributed by atoms with E-state index in [1.165, 1.54) is 6.07 Å². The SMILES string of the molecule is CCOC(=O)c1cc2nc(C(F)F)cc(=O)n2[nH]1. The van der Waals surface area contributed by atoms with E-state index in [0.717, 1.165) is 4.52 Å². The predicted molar refractivity (Wildman–Crippen MR) is 56.7 cm³/mol. The molecule has 2 aromatic heterocycles. The van der Waals surface area contributed by atoms with Crippen LogP contribution in [0.25, 0.3) is 5.65 Å². The molecule has 1 N–H and O–H groups in total. The molecule has 0 saturated carbocycles. The van der Waals surface area contributed by atoms with Crippen LogP contribution in [0.5, 0.6) is 0 Å². The zero-order valence-electron chi connectivity index (χ0n) is 9.31. The zero-order chi connectivity index (χ0) is 13.3. The number of carbonyl (C=O) groups is 1. The smallest absolute Gasteiger partial charge is 0.356 e. The van der Waals surface area contributed by atoms with Crippen molar-refractivity contribution in [3.63, 3.8) is 0 Å². The number of hydrogen-bond acceptors (Lipinski definition) is 4. The molecule has 0 atom stereocenters. The van der Waals surface area contributed by atoms with E-state index in [1.54, 1.807) is 6.92 Å². The number of aromatic amines is 1. The van der Waals surface area contributed by atoms with E-state index >= 15 is 0 Å². The minimum atomic E-state index is -2.84. The van der Waals surface area contributed by atoms with Gasteiger partial charge < -0.3 is 4.74 Å². The van der Waals surface area contributed by atoms with Crippen LogP contribution in [-0.4, -0.2) is 27.2 Å². The average Bonchev–Trinajstić information content (AvgIpc) is 2.73. The number of nitrogens with zero attached hydrogens (tertiary/aromatic N) is 2. The highest BCUT2D eigenvalue weighted by Crippen LogP contribution is 2.15. The molecule has 8 heteroatoms. The number of esters is 1. The molecule has 2 rings (SSSR count). The van der Waals surface area contributed by atoms with Crippen molar-refractivity contribution in [3.05, 3.63) is 33.9 Å². The molecule has 0 radical (unpaired) electrons. The molecular formula is C10H9F2N3O3. The molecule has 0 aromatic carbocycles. The van der Waals surface area contributed by atoms with Crippen molar-refractivity contribution in [2.45, 2.75) is 13.3 Å². The molecule has 0 aliphatic heterocycles. The summed E-state index contributed by atoms with van der Waals surface area (Å²) in [6.45, 7) is 1.79. The highest BCUT2D eigenvalue weighted by Gasteiger charge is 2.16. The topological polar surface area (TPSA) is 76.5 Å². The first-order valence-corrected chi connectivity index (χ1v) is 5.11. The van der Waals surface area contributed by atoms with Crippen molar-refractivity contribution < 1.29 is 18.3 Å². The summed E-state index contributed by atoms with van der Waals surface area (Å²) in [7, 11) is 0. The van der Waals surface area contributed by atoms with Gasteiger partial charge in [-0.05, 0) is 6.92 Å². The van der Waals surface area contributed by atoms with Gasteiger partial charge in [-0.15, -0.1) is 0 Å². The molecule has 2 aromatic rings. The third kappa shape index (κ3) is 2.08. The molecule has 0 bridgehead atoms. The van der Waals surface area contributed by atoms with Gasteiger partial charge in [-0.1, -0.05) is 0 Å². The highest BCUT2D eigenvalue weighted by atomic mass is 19.3. The molecule has 0 aliphatic carbocycles. The summed E-state index contributed by atoms with van der Waals surface area (Å²) in [5.41, 5.74) is -1.42. The number of H-pyrrole nitrogens is 1. The maximum absolute atomic E-state index is 12.4. The van der Waals surface area contributed by atoms with E-state index in [-0.39, 0.29) is 17.9 Å². The van der Waals surface area contributed by atoms with Gasteiger partial charge in [0.05, 0.1) is 6.61 Å². The number of halogens is 2. The lowest BCUT2D eigenvalue weighted by molar-refractivity contribution is 0.0519. The van der Waals surface area contributed by atoms with Gasteiger partial charge in [0.1, 0.15) is 11.4 Å². The van der Waals surface area contributed by atoms with Crippen LogP contribution < -0.4 is 5.56 Å². The average molecular weight is 257 g/mol. The van der Waals surface area contributed by atoms with Gasteiger partial charge in [-0.25, -0.2) is 23.1 Å². The van der Waals surface area contributed by atoms with Gasteiger partial charge in [0.2, 0.25) is 0 Å². The molecule has 96 valence electrons. The minimum absolute atomic E-state index is 0.0205. The number of rotatable bonds is 3. The lowest BCUT2D eigenvalue weighted by atomic mass is 10.4. The second kappa shape index (κ2) is 4.55. The fourth-order valence-electron chi connectivity index (χ4n) is 1.43. The van der Waals surface area contributed by atoms with Crippen molar-refractivity contribution >= 4 is 11.6 Å². The minimum Gasteiger partial charge on any atom is -0.461 e. The summed E-state index contributed by atoms with van der Waals surface area (Å²) < 4.78 is 30.5. The third-order valence-electron chi connectivity index (χ3n) is 2.19. The number of ether oxygens (including phenoxy) is 1. The number of carbonyl (C=O) groups excluding carboxylic acids is 1. The van der Waals surface area contributed by atoms with Gasteiger partial charge in [0.25, 0.3) is 12.0 Å². The largest absolute Gasteiger partial charge is 0.461 e. The van der Waals surface area contributed by atoms with E-state index in [1.807, 2.05) is 0 Å². The van der Waals surface area contributed by atoms with Crippen molar-refractivity contribution in [1.82, 2.24) is 14.6 Å². The summed E-state index contributed by atoms with van der Waals surface area (Å²) in [5.74, 6) is -0.680. The lowest BCUT2D eigenvalue weighted by Gasteiger charge is -1.98. The van der Waals surface area contributed by atoms with Crippen LogP contribution in [-0.2, 0) is 4.74 Å². The second-order valence-corrected chi connectivity index (χ2v) is 3.40. The number of alkyl halides is 2. The molecule has 18 heavy (non-hydrogen) atoms. The van der Waals surface area contributed by atoms with Crippen LogP contribution in [0.3, 0.4) is 0 Å². The standard InChI is InChI=1S/C10H9F2N3O3/c1-2-18-10(17)6-3-7-13-5(9(11)12)4-8(16)15(7)14-6/h3-4,9,14H,2H2,1H3. The molecular weight excluding hydrogens is 248 g/mol. The Labute approximate surface area is 99.2 Å². The van der Waals surface area contributed by atoms with Crippen LogP contribution >= 0.6 is 0 Å². The van der Waals surface area contributed by atoms with Gasteiger partial charge in [-0.2, -0.15) is 0 Å². The summed E-state index contributed by atoms with van der Waals surface area (Å²) in [6.07, 6.45) is -2.84. The van der Waals surface area contributed by atoms with Crippen LogP contribution in [0, 0.1) is 0 Å². The molecule has 0 fully saturated rings. The van der Waals surface area contributed by atoms with E-state index in [2.05, 4.69) is 10.1 Å². The van der Waals surface area contributed by atoms with E-state index in [4.69, 9.17) is 4.74 Å². The molecule has 2 heterocycles. The van der Waals surface area contributed by atoms with E-state index in [0.29, 0.717) is 6.07 Å². The molecule has 6 nitrogen and oxygen atoms in total. The third-order valence-corrected chi connectivity index (χ3v) is 2.19. The summed E-state index contributed by atoms with van der Waals surface area (Å²) in [6, 6.07) is 1.90. The van der Waals surface area contributed by atoms with Gasteiger partial charge >= 0.3 is 5.97 Å². The number of nitrogens with one attached hydrogen (secondary N) is 1. The Kier molecular flexibility index (Phi) is 3.09. The maximum atomic E-state index is 12.4. The fourth-order valence-corrected chi connectivity index (χ4v) is 1.43. The summed E-state index contributed by atoms with van der Waals surface area (Å²) in [4.78, 5) is 26.5. The Hall–Kier alpha value is -2.25. The maximum Gasteiger partial charge on any atom is 0.356 e. The van der Waals surface area contributed by atoms with Crippen molar-refractivity contribution in [1.29, 1.82) is 0 Å². The first-order chi connectivity index (χ1) is 8.52. The lowest BCUT2D eigenvalue weighted by Crippen LogP contribution is -2.16. The van der Waals surface area contributed by atoms with Gasteiger partial charge in [0.15, 0.2) is 5.65 Å². The first kappa shape index (κ1) is 12.2. The molecule has 0 saturated heterocycles. The molecule has 0 aliphatic rings. The van der Waals surface area contributed by atoms with Crippen LogP contribution in [0.2, 0.25) is 0 Å². The second-order valence-electron chi connectivity index (χ2n) is 3.40. The Morgan fingerprint density at radius 2 is 2.28 bits per heavy atom. The first-order valence-electron chi connectivity index (χ1n) is 5.11. The van der Waals surface area contributed by atoms with Crippen LogP contribution in [0.4, 0.5) is 8.78 Å². The van der Waals surface area contributed by atoms with Crippen molar-refractivity contribution in [3.8, 4) is 0 Å². The Morgan fingerprint density at radius 1 is 1.56 bits per heavy atom. The zero-order valence-corrected chi connectivity index (χ0v) is 9.31. The van der Waals surface area contributed by atoms with Crippen molar-refractivity contribution in [2.75, 3.05) is 6.61 Å². The molecule has 0 unspecified atom stereocenters. The normalized spacial score (nSPS) is 11.1. The Bertz CT molecular complexity index is 647. The predicted octanol–water partition coefficient (Wildman–Crippen LogP) is 1.14. The van der Waals surface area contributed by atoms with E-state index in [9.17, 15) is 18.4 Å². The summed E-state index contributed by atoms with van der Waals surface area (Å²) in [5, 5.41) is 2.44.